The number of benzene rings is 5. The number of H-pyrrole nitrogens is 1. The fourth-order valence-electron chi connectivity index (χ4n) is 3.59. The van der Waals surface area contributed by atoms with Crippen molar-refractivity contribution in [3.05, 3.63) is 133 Å². The van der Waals surface area contributed by atoms with Crippen LogP contribution in [0, 0.1) is 0 Å². The first-order chi connectivity index (χ1) is 16.2. The van der Waals surface area contributed by atoms with E-state index in [-0.39, 0.29) is 0 Å². The Morgan fingerprint density at radius 1 is 0.424 bits per heavy atom. The molecule has 33 heavy (non-hydrogen) atoms. The summed E-state index contributed by atoms with van der Waals surface area (Å²) < 4.78 is 0. The molecular weight excluding hydrogens is 406 g/mol. The van der Waals surface area contributed by atoms with E-state index >= 15 is 0 Å². The Kier molecular flexibility index (Phi) is 7.04. The first-order valence-electron chi connectivity index (χ1n) is 10.8. The summed E-state index contributed by atoms with van der Waals surface area (Å²) in [6.45, 7) is 0. The number of para-hydroxylation sites is 4. The molecule has 3 N–H and O–H groups in total. The summed E-state index contributed by atoms with van der Waals surface area (Å²) in [5.74, 6) is 0.644. The first kappa shape index (κ1) is 21.7. The number of nitrogens with one attached hydrogen (secondary N) is 1. The van der Waals surface area contributed by atoms with E-state index in [1.54, 1.807) is 48.5 Å². The highest BCUT2D eigenvalue weighted by Gasteiger charge is 2.08. The van der Waals surface area contributed by atoms with Crippen molar-refractivity contribution in [3.8, 4) is 22.6 Å². The average Bonchev–Trinajstić information content (AvgIpc) is 3.25. The molecule has 6 rings (SSSR count). The van der Waals surface area contributed by atoms with Crippen molar-refractivity contribution in [2.24, 2.45) is 0 Å². The van der Waals surface area contributed by atoms with Gasteiger partial charge >= 0.3 is 0 Å². The maximum Gasteiger partial charge on any atom is 0.115 e. The number of aromatic amines is 1. The van der Waals surface area contributed by atoms with E-state index in [0.29, 0.717) is 11.5 Å². The number of phenols is 2. The molecule has 0 amide bonds. The molecule has 0 spiro atoms. The lowest BCUT2D eigenvalue weighted by Gasteiger charge is -2.03. The van der Waals surface area contributed by atoms with Crippen LogP contribution in [0.4, 0.5) is 0 Å². The minimum atomic E-state index is 0.322. The van der Waals surface area contributed by atoms with E-state index in [9.17, 15) is 0 Å². The lowest BCUT2D eigenvalue weighted by Crippen LogP contribution is -1.79. The lowest BCUT2D eigenvalue weighted by atomic mass is 10.0. The molecule has 0 radical (unpaired) electrons. The van der Waals surface area contributed by atoms with Crippen LogP contribution < -0.4 is 0 Å². The molecule has 162 valence electrons. The SMILES string of the molecule is Oc1ccccc1.Oc1ccccc1.c1ccc(-c2cccc3c2[nH]c2ccccc23)cc1. The zero-order valence-electron chi connectivity index (χ0n) is 18.1. The maximum atomic E-state index is 8.63. The van der Waals surface area contributed by atoms with Crippen LogP contribution in [0.2, 0.25) is 0 Å². The van der Waals surface area contributed by atoms with Gasteiger partial charge in [0.25, 0.3) is 0 Å². The third kappa shape index (κ3) is 5.60. The van der Waals surface area contributed by atoms with E-state index in [1.165, 1.54) is 32.9 Å². The van der Waals surface area contributed by atoms with Gasteiger partial charge in [0, 0.05) is 21.9 Å². The van der Waals surface area contributed by atoms with Gasteiger partial charge in [-0.05, 0) is 35.9 Å². The van der Waals surface area contributed by atoms with Crippen LogP contribution in [0.1, 0.15) is 0 Å². The minimum absolute atomic E-state index is 0.322. The van der Waals surface area contributed by atoms with E-state index in [0.717, 1.165) is 0 Å². The average molecular weight is 432 g/mol. The molecular formula is C30H25NO2. The number of hydrogen-bond donors (Lipinski definition) is 3. The monoisotopic (exact) mass is 431 g/mol. The van der Waals surface area contributed by atoms with Crippen LogP contribution >= 0.6 is 0 Å². The van der Waals surface area contributed by atoms with Gasteiger partial charge < -0.3 is 15.2 Å². The number of aromatic nitrogens is 1. The second-order valence-electron chi connectivity index (χ2n) is 7.44. The molecule has 0 fully saturated rings. The summed E-state index contributed by atoms with van der Waals surface area (Å²) in [4.78, 5) is 3.55. The Morgan fingerprint density at radius 3 is 1.45 bits per heavy atom. The van der Waals surface area contributed by atoms with E-state index in [2.05, 4.69) is 77.8 Å². The van der Waals surface area contributed by atoms with Crippen molar-refractivity contribution in [2.75, 3.05) is 0 Å². The molecule has 0 unspecified atom stereocenters. The number of aromatic hydroxyl groups is 2. The van der Waals surface area contributed by atoms with Gasteiger partial charge in [-0.3, -0.25) is 0 Å². The highest BCUT2D eigenvalue weighted by atomic mass is 16.3. The molecule has 6 aromatic rings. The van der Waals surface area contributed by atoms with Gasteiger partial charge in [0.05, 0.1) is 5.52 Å². The number of rotatable bonds is 1. The maximum absolute atomic E-state index is 8.63. The summed E-state index contributed by atoms with van der Waals surface area (Å²) in [6, 6.07) is 42.9. The van der Waals surface area contributed by atoms with Crippen LogP contribution in [0.15, 0.2) is 133 Å². The fourth-order valence-corrected chi connectivity index (χ4v) is 3.59. The molecule has 0 aliphatic heterocycles. The lowest BCUT2D eigenvalue weighted by molar-refractivity contribution is 0.475. The van der Waals surface area contributed by atoms with Crippen LogP contribution in [0.5, 0.6) is 11.5 Å². The van der Waals surface area contributed by atoms with Gasteiger partial charge in [-0.15, -0.1) is 0 Å². The van der Waals surface area contributed by atoms with Crippen molar-refractivity contribution in [3.63, 3.8) is 0 Å². The fraction of sp³-hybridized carbons (Fsp3) is 0. The number of fused-ring (bicyclic) bond motifs is 3. The predicted molar refractivity (Wildman–Crippen MR) is 137 cm³/mol. The molecule has 0 aliphatic rings. The molecule has 3 nitrogen and oxygen atoms in total. The summed E-state index contributed by atoms with van der Waals surface area (Å²) in [5, 5.41) is 19.8. The molecule has 0 saturated carbocycles. The molecule has 0 bridgehead atoms. The molecule has 1 aromatic heterocycles. The Balaban J connectivity index is 0.000000152. The zero-order chi connectivity index (χ0) is 22.9. The Bertz CT molecular complexity index is 1370. The van der Waals surface area contributed by atoms with Crippen molar-refractivity contribution in [1.82, 2.24) is 4.98 Å². The molecule has 0 aliphatic carbocycles. The second kappa shape index (κ2) is 10.7. The Labute approximate surface area is 193 Å². The molecule has 0 atom stereocenters. The van der Waals surface area contributed by atoms with Gasteiger partial charge in [-0.25, -0.2) is 0 Å². The summed E-state index contributed by atoms with van der Waals surface area (Å²) in [7, 11) is 0. The molecule has 3 heteroatoms. The van der Waals surface area contributed by atoms with Crippen LogP contribution in [0.25, 0.3) is 32.9 Å². The predicted octanol–water partition coefficient (Wildman–Crippen LogP) is 7.77. The number of hydrogen-bond acceptors (Lipinski definition) is 2. The van der Waals surface area contributed by atoms with Crippen LogP contribution in [0.3, 0.4) is 0 Å². The van der Waals surface area contributed by atoms with Crippen molar-refractivity contribution < 1.29 is 10.2 Å². The van der Waals surface area contributed by atoms with Gasteiger partial charge in [0.1, 0.15) is 11.5 Å². The zero-order valence-corrected chi connectivity index (χ0v) is 18.1. The first-order valence-corrected chi connectivity index (χ1v) is 10.8. The highest BCUT2D eigenvalue weighted by Crippen LogP contribution is 2.32. The quantitative estimate of drug-likeness (QED) is 0.249. The van der Waals surface area contributed by atoms with E-state index in [4.69, 9.17) is 10.2 Å². The van der Waals surface area contributed by atoms with E-state index in [1.807, 2.05) is 12.1 Å². The third-order valence-corrected chi connectivity index (χ3v) is 5.14. The van der Waals surface area contributed by atoms with Gasteiger partial charge in [0.2, 0.25) is 0 Å². The minimum Gasteiger partial charge on any atom is -0.508 e. The van der Waals surface area contributed by atoms with E-state index < -0.39 is 0 Å². The number of phenolic OH excluding ortho intramolecular Hbond substituents is 2. The summed E-state index contributed by atoms with van der Waals surface area (Å²) in [6.07, 6.45) is 0. The smallest absolute Gasteiger partial charge is 0.115 e. The summed E-state index contributed by atoms with van der Waals surface area (Å²) >= 11 is 0. The van der Waals surface area contributed by atoms with Crippen molar-refractivity contribution >= 4 is 21.8 Å². The second-order valence-corrected chi connectivity index (χ2v) is 7.44. The summed E-state index contributed by atoms with van der Waals surface area (Å²) in [5.41, 5.74) is 4.92. The Morgan fingerprint density at radius 2 is 0.909 bits per heavy atom. The third-order valence-electron chi connectivity index (χ3n) is 5.14. The molecule has 5 aromatic carbocycles. The van der Waals surface area contributed by atoms with Gasteiger partial charge in [0.15, 0.2) is 0 Å². The van der Waals surface area contributed by atoms with Crippen molar-refractivity contribution in [2.45, 2.75) is 0 Å². The molecule has 1 heterocycles. The highest BCUT2D eigenvalue weighted by molar-refractivity contribution is 6.11. The molecule has 0 saturated heterocycles. The van der Waals surface area contributed by atoms with Crippen LogP contribution in [-0.2, 0) is 0 Å². The van der Waals surface area contributed by atoms with Crippen molar-refractivity contribution in [1.29, 1.82) is 0 Å². The van der Waals surface area contributed by atoms with Gasteiger partial charge in [-0.2, -0.15) is 0 Å². The normalized spacial score (nSPS) is 10.1. The largest absolute Gasteiger partial charge is 0.508 e. The topological polar surface area (TPSA) is 56.2 Å². The standard InChI is InChI=1S/C18H13N.2C6H6O/c1-2-7-13(8-3-1)14-10-6-11-16-15-9-4-5-12-17(15)19-18(14)16;2*7-6-4-2-1-3-5-6/h1-12,19H;2*1-5,7H. The van der Waals surface area contributed by atoms with Crippen LogP contribution in [-0.4, -0.2) is 15.2 Å². The van der Waals surface area contributed by atoms with Gasteiger partial charge in [-0.1, -0.05) is 103 Å². The Hall–Kier alpha value is -4.50.